The van der Waals surface area contributed by atoms with Crippen molar-refractivity contribution in [2.45, 2.75) is 13.5 Å². The van der Waals surface area contributed by atoms with E-state index in [0.717, 1.165) is 44.2 Å². The van der Waals surface area contributed by atoms with E-state index < -0.39 is 0 Å². The number of hydrogen-bond acceptors (Lipinski definition) is 3. The van der Waals surface area contributed by atoms with Crippen LogP contribution in [0.5, 0.6) is 0 Å². The van der Waals surface area contributed by atoms with Gasteiger partial charge in [-0.3, -0.25) is 4.90 Å². The molecule has 0 bridgehead atoms. The van der Waals surface area contributed by atoms with E-state index in [1.807, 2.05) is 31.2 Å². The first kappa shape index (κ1) is 13.2. The van der Waals surface area contributed by atoms with Gasteiger partial charge in [0.1, 0.15) is 17.3 Å². The first-order valence-corrected chi connectivity index (χ1v) is 6.99. The van der Waals surface area contributed by atoms with Gasteiger partial charge in [-0.15, -0.1) is 0 Å². The molecule has 0 unspecified atom stereocenters. The summed E-state index contributed by atoms with van der Waals surface area (Å²) < 4.78 is 19.4. The second-order valence-corrected chi connectivity index (χ2v) is 5.23. The Bertz CT molecular complexity index is 573. The molecule has 0 radical (unpaired) electrons. The summed E-state index contributed by atoms with van der Waals surface area (Å²) in [5.74, 6) is 1.81. The number of para-hydroxylation sites is 1. The van der Waals surface area contributed by atoms with Gasteiger partial charge in [-0.2, -0.15) is 0 Å². The van der Waals surface area contributed by atoms with Crippen LogP contribution in [0.1, 0.15) is 11.5 Å². The molecule has 1 aromatic heterocycles. The highest BCUT2D eigenvalue weighted by atomic mass is 19.1. The molecule has 1 aromatic carbocycles. The zero-order valence-corrected chi connectivity index (χ0v) is 11.7. The first-order chi connectivity index (χ1) is 9.72. The van der Waals surface area contributed by atoms with E-state index >= 15 is 0 Å². The lowest BCUT2D eigenvalue weighted by Gasteiger charge is -2.35. The van der Waals surface area contributed by atoms with Crippen molar-refractivity contribution in [1.29, 1.82) is 0 Å². The maximum Gasteiger partial charge on any atom is 0.146 e. The van der Waals surface area contributed by atoms with E-state index in [4.69, 9.17) is 4.42 Å². The SMILES string of the molecule is Cc1ccc(CN2CCN(c3ccccc3F)CC2)o1. The van der Waals surface area contributed by atoms with Gasteiger partial charge >= 0.3 is 0 Å². The Balaban J connectivity index is 1.58. The Morgan fingerprint density at radius 2 is 1.80 bits per heavy atom. The Hall–Kier alpha value is -1.81. The van der Waals surface area contributed by atoms with Crippen molar-refractivity contribution >= 4 is 5.69 Å². The van der Waals surface area contributed by atoms with Crippen molar-refractivity contribution in [1.82, 2.24) is 4.90 Å². The molecule has 1 aliphatic heterocycles. The minimum Gasteiger partial charge on any atom is -0.465 e. The van der Waals surface area contributed by atoms with Gasteiger partial charge in [0.05, 0.1) is 12.2 Å². The summed E-state index contributed by atoms with van der Waals surface area (Å²) in [6.45, 7) is 6.34. The van der Waals surface area contributed by atoms with E-state index in [-0.39, 0.29) is 5.82 Å². The van der Waals surface area contributed by atoms with Crippen LogP contribution in [-0.2, 0) is 6.54 Å². The van der Waals surface area contributed by atoms with Crippen LogP contribution in [0.2, 0.25) is 0 Å². The van der Waals surface area contributed by atoms with Gasteiger partial charge in [0.25, 0.3) is 0 Å². The highest BCUT2D eigenvalue weighted by molar-refractivity contribution is 5.47. The van der Waals surface area contributed by atoms with E-state index in [1.165, 1.54) is 6.07 Å². The normalized spacial score (nSPS) is 16.6. The number of halogens is 1. The fourth-order valence-electron chi connectivity index (χ4n) is 2.65. The lowest BCUT2D eigenvalue weighted by molar-refractivity contribution is 0.229. The minimum absolute atomic E-state index is 0.136. The van der Waals surface area contributed by atoms with Gasteiger partial charge < -0.3 is 9.32 Å². The summed E-state index contributed by atoms with van der Waals surface area (Å²) in [5, 5.41) is 0. The number of hydrogen-bond donors (Lipinski definition) is 0. The molecule has 106 valence electrons. The molecule has 1 aliphatic rings. The predicted octanol–water partition coefficient (Wildman–Crippen LogP) is 3.05. The topological polar surface area (TPSA) is 19.6 Å². The molecule has 0 atom stereocenters. The minimum atomic E-state index is -0.136. The Morgan fingerprint density at radius 1 is 1.05 bits per heavy atom. The van der Waals surface area contributed by atoms with Crippen LogP contribution in [0.3, 0.4) is 0 Å². The molecule has 0 amide bonds. The van der Waals surface area contributed by atoms with Crippen LogP contribution >= 0.6 is 0 Å². The van der Waals surface area contributed by atoms with Crippen LogP contribution in [0.15, 0.2) is 40.8 Å². The van der Waals surface area contributed by atoms with Crippen LogP contribution in [0.4, 0.5) is 10.1 Å². The summed E-state index contributed by atoms with van der Waals surface area (Å²) >= 11 is 0. The number of benzene rings is 1. The molecule has 1 fully saturated rings. The lowest BCUT2D eigenvalue weighted by Crippen LogP contribution is -2.46. The lowest BCUT2D eigenvalue weighted by atomic mass is 10.2. The molecule has 0 spiro atoms. The maximum atomic E-state index is 13.8. The summed E-state index contributed by atoms with van der Waals surface area (Å²) in [6.07, 6.45) is 0. The summed E-state index contributed by atoms with van der Waals surface area (Å²) in [4.78, 5) is 4.45. The quantitative estimate of drug-likeness (QED) is 0.857. The first-order valence-electron chi connectivity index (χ1n) is 6.99. The van der Waals surface area contributed by atoms with Gasteiger partial charge in [-0.25, -0.2) is 4.39 Å². The van der Waals surface area contributed by atoms with Crippen LogP contribution in [0, 0.1) is 12.7 Å². The molecule has 2 heterocycles. The summed E-state index contributed by atoms with van der Waals surface area (Å²) in [6, 6.07) is 11.0. The highest BCUT2D eigenvalue weighted by Gasteiger charge is 2.19. The number of nitrogens with zero attached hydrogens (tertiary/aromatic N) is 2. The van der Waals surface area contributed by atoms with Crippen LogP contribution < -0.4 is 4.90 Å². The molecule has 4 heteroatoms. The van der Waals surface area contributed by atoms with Crippen molar-refractivity contribution < 1.29 is 8.81 Å². The van der Waals surface area contributed by atoms with Crippen molar-refractivity contribution in [2.24, 2.45) is 0 Å². The molecule has 0 N–H and O–H groups in total. The molecule has 20 heavy (non-hydrogen) atoms. The van der Waals surface area contributed by atoms with E-state index in [2.05, 4.69) is 9.80 Å². The van der Waals surface area contributed by atoms with Crippen molar-refractivity contribution in [2.75, 3.05) is 31.1 Å². The van der Waals surface area contributed by atoms with Gasteiger partial charge in [0, 0.05) is 26.2 Å². The largest absolute Gasteiger partial charge is 0.465 e. The third-order valence-electron chi connectivity index (χ3n) is 3.74. The van der Waals surface area contributed by atoms with Crippen molar-refractivity contribution in [3.05, 3.63) is 53.7 Å². The Kier molecular flexibility index (Phi) is 3.74. The fraction of sp³-hybridized carbons (Fsp3) is 0.375. The van der Waals surface area contributed by atoms with Gasteiger partial charge in [0.2, 0.25) is 0 Å². The van der Waals surface area contributed by atoms with Gasteiger partial charge in [0.15, 0.2) is 0 Å². The zero-order chi connectivity index (χ0) is 13.9. The molecule has 0 aliphatic carbocycles. The third-order valence-corrected chi connectivity index (χ3v) is 3.74. The maximum absolute atomic E-state index is 13.8. The number of rotatable bonds is 3. The molecule has 3 rings (SSSR count). The average molecular weight is 274 g/mol. The highest BCUT2D eigenvalue weighted by Crippen LogP contribution is 2.20. The Morgan fingerprint density at radius 3 is 2.45 bits per heavy atom. The summed E-state index contributed by atoms with van der Waals surface area (Å²) in [5.41, 5.74) is 0.709. The second kappa shape index (κ2) is 5.67. The number of furan rings is 1. The molecular formula is C16H19FN2O. The molecule has 2 aromatic rings. The van der Waals surface area contributed by atoms with E-state index in [0.29, 0.717) is 5.69 Å². The average Bonchev–Trinajstić information content (AvgIpc) is 2.86. The standard InChI is InChI=1S/C16H19FN2O/c1-13-6-7-14(20-13)12-18-8-10-19(11-9-18)16-5-3-2-4-15(16)17/h2-7H,8-12H2,1H3. The smallest absolute Gasteiger partial charge is 0.146 e. The number of aryl methyl sites for hydroxylation is 1. The number of piperazine rings is 1. The zero-order valence-electron chi connectivity index (χ0n) is 11.7. The van der Waals surface area contributed by atoms with Crippen LogP contribution in [-0.4, -0.2) is 31.1 Å². The molecule has 1 saturated heterocycles. The van der Waals surface area contributed by atoms with Crippen LogP contribution in [0.25, 0.3) is 0 Å². The Labute approximate surface area is 118 Å². The second-order valence-electron chi connectivity index (χ2n) is 5.23. The number of anilines is 1. The molecular weight excluding hydrogens is 255 g/mol. The van der Waals surface area contributed by atoms with Gasteiger partial charge in [-0.05, 0) is 31.2 Å². The van der Waals surface area contributed by atoms with Crippen molar-refractivity contribution in [3.63, 3.8) is 0 Å². The molecule has 3 nitrogen and oxygen atoms in total. The monoisotopic (exact) mass is 274 g/mol. The van der Waals surface area contributed by atoms with Crippen molar-refractivity contribution in [3.8, 4) is 0 Å². The molecule has 0 saturated carbocycles. The summed E-state index contributed by atoms with van der Waals surface area (Å²) in [7, 11) is 0. The third kappa shape index (κ3) is 2.85. The van der Waals surface area contributed by atoms with Gasteiger partial charge in [-0.1, -0.05) is 12.1 Å². The fourth-order valence-corrected chi connectivity index (χ4v) is 2.65. The van der Waals surface area contributed by atoms with E-state index in [1.54, 1.807) is 6.07 Å². The van der Waals surface area contributed by atoms with E-state index in [9.17, 15) is 4.39 Å². The predicted molar refractivity (Wildman–Crippen MR) is 77.3 cm³/mol.